The van der Waals surface area contributed by atoms with E-state index in [9.17, 15) is 8.78 Å². The molecule has 0 saturated heterocycles. The summed E-state index contributed by atoms with van der Waals surface area (Å²) in [6.07, 6.45) is 7.37. The molecule has 0 unspecified atom stereocenters. The minimum absolute atomic E-state index is 0. The first kappa shape index (κ1) is 46.4. The van der Waals surface area contributed by atoms with Crippen LogP contribution in [0, 0.1) is 34.9 Å². The Morgan fingerprint density at radius 3 is 1.00 bits per heavy atom. The van der Waals surface area contributed by atoms with Crippen molar-refractivity contribution in [2.45, 2.75) is 78.3 Å². The van der Waals surface area contributed by atoms with E-state index < -0.39 is 34.9 Å². The highest BCUT2D eigenvalue weighted by Crippen LogP contribution is 2.62. The van der Waals surface area contributed by atoms with Crippen LogP contribution in [0.25, 0.3) is 33.4 Å². The van der Waals surface area contributed by atoms with Gasteiger partial charge in [-0.3, -0.25) is 0 Å². The lowest BCUT2D eigenvalue weighted by atomic mass is 9.85. The Labute approximate surface area is 347 Å². The SMILES string of the molecule is CCCCCC[N+]1(CCCCCC)Cc2c(-c3cc(F)c(F)c(F)c3)c(OC)c(OC)c(OC)c2-c2c(c(-c3cc(F)c(F)c(F)c3)c(OC)c(OC)c2OC)C1.[Br-]. The molecule has 4 aromatic carbocycles. The summed E-state index contributed by atoms with van der Waals surface area (Å²) in [4.78, 5) is 0. The summed E-state index contributed by atoms with van der Waals surface area (Å²) in [5, 5.41) is 0. The lowest BCUT2D eigenvalue weighted by Crippen LogP contribution is -3.00. The van der Waals surface area contributed by atoms with Gasteiger partial charge in [0.2, 0.25) is 11.5 Å². The second kappa shape index (κ2) is 20.1. The summed E-state index contributed by atoms with van der Waals surface area (Å²) in [7, 11) is 8.38. The molecule has 0 fully saturated rings. The maximum Gasteiger partial charge on any atom is 0.204 e. The van der Waals surface area contributed by atoms with E-state index in [1.807, 2.05) is 0 Å². The molecule has 14 heteroatoms. The third-order valence-corrected chi connectivity index (χ3v) is 10.9. The molecule has 0 spiro atoms. The average Bonchev–Trinajstić information content (AvgIpc) is 3.34. The van der Waals surface area contributed by atoms with Crippen LogP contribution < -0.4 is 45.4 Å². The predicted octanol–water partition coefficient (Wildman–Crippen LogP) is 8.57. The molecule has 0 aromatic heterocycles. The van der Waals surface area contributed by atoms with E-state index in [0.29, 0.717) is 39.8 Å². The molecule has 0 aliphatic carbocycles. The smallest absolute Gasteiger partial charge is 0.204 e. The molecule has 5 rings (SSSR count). The molecule has 1 aliphatic heterocycles. The number of halogens is 7. The predicted molar refractivity (Wildman–Crippen MR) is 207 cm³/mol. The maximum absolute atomic E-state index is 15.3. The van der Waals surface area contributed by atoms with Gasteiger partial charge in [-0.1, -0.05) is 39.5 Å². The molecule has 0 atom stereocenters. The Morgan fingerprint density at radius 2 is 0.724 bits per heavy atom. The van der Waals surface area contributed by atoms with Crippen molar-refractivity contribution in [2.75, 3.05) is 55.7 Å². The monoisotopic (exact) mass is 883 g/mol. The second-order valence-electron chi connectivity index (χ2n) is 14.4. The zero-order valence-electron chi connectivity index (χ0n) is 34.3. The Bertz CT molecular complexity index is 1900. The van der Waals surface area contributed by atoms with Crippen LogP contribution in [0.4, 0.5) is 26.3 Å². The van der Waals surface area contributed by atoms with Gasteiger partial charge in [0.15, 0.2) is 57.9 Å². The minimum Gasteiger partial charge on any atom is -1.00 e. The van der Waals surface area contributed by atoms with Gasteiger partial charge in [0.25, 0.3) is 0 Å². The van der Waals surface area contributed by atoms with Crippen molar-refractivity contribution in [1.82, 2.24) is 0 Å². The van der Waals surface area contributed by atoms with Gasteiger partial charge in [-0.05, 0) is 61.1 Å². The average molecular weight is 885 g/mol. The molecule has 1 aliphatic rings. The van der Waals surface area contributed by atoms with Gasteiger partial charge in [0.1, 0.15) is 13.1 Å². The Morgan fingerprint density at radius 1 is 0.431 bits per heavy atom. The van der Waals surface area contributed by atoms with Crippen LogP contribution in [0.3, 0.4) is 0 Å². The molecule has 7 nitrogen and oxygen atoms in total. The minimum atomic E-state index is -1.63. The summed E-state index contributed by atoms with van der Waals surface area (Å²) in [6, 6.07) is 3.64. The number of benzene rings is 4. The third kappa shape index (κ3) is 8.68. The first-order chi connectivity index (χ1) is 27.4. The van der Waals surface area contributed by atoms with Crippen molar-refractivity contribution in [3.05, 3.63) is 70.3 Å². The number of quaternary nitrogens is 1. The number of fused-ring (bicyclic) bond motifs is 3. The summed E-state index contributed by atoms with van der Waals surface area (Å²) in [6.45, 7) is 5.94. The van der Waals surface area contributed by atoms with Crippen LogP contribution in [-0.4, -0.2) is 60.2 Å². The number of ether oxygens (including phenoxy) is 6. The number of unbranched alkanes of at least 4 members (excludes halogenated alkanes) is 6. The molecule has 0 N–H and O–H groups in total. The second-order valence-corrected chi connectivity index (χ2v) is 14.4. The number of methoxy groups -OCH3 is 6. The van der Waals surface area contributed by atoms with Crippen molar-refractivity contribution < 1.29 is 76.2 Å². The number of nitrogens with zero attached hydrogens (tertiary/aromatic N) is 1. The van der Waals surface area contributed by atoms with Crippen LogP contribution >= 0.6 is 0 Å². The van der Waals surface area contributed by atoms with Gasteiger partial charge in [-0.25, -0.2) is 26.3 Å². The molecular formula is C44H52BrF6NO6. The van der Waals surface area contributed by atoms with Gasteiger partial charge >= 0.3 is 0 Å². The molecule has 0 radical (unpaired) electrons. The third-order valence-electron chi connectivity index (χ3n) is 10.9. The summed E-state index contributed by atoms with van der Waals surface area (Å²) >= 11 is 0. The van der Waals surface area contributed by atoms with Crippen LogP contribution in [0.2, 0.25) is 0 Å². The normalized spacial score (nSPS) is 12.9. The molecular weight excluding hydrogens is 832 g/mol. The van der Waals surface area contributed by atoms with Gasteiger partial charge in [-0.15, -0.1) is 0 Å². The zero-order chi connectivity index (χ0) is 41.6. The summed E-state index contributed by atoms with van der Waals surface area (Å²) < 4.78 is 127. The lowest BCUT2D eigenvalue weighted by Gasteiger charge is -2.40. The number of hydrogen-bond acceptors (Lipinski definition) is 6. The highest BCUT2D eigenvalue weighted by Gasteiger charge is 2.44. The summed E-state index contributed by atoms with van der Waals surface area (Å²) in [5.41, 5.74) is 2.11. The number of rotatable bonds is 18. The topological polar surface area (TPSA) is 55.4 Å². The van der Waals surface area contributed by atoms with Crippen LogP contribution in [0.15, 0.2) is 24.3 Å². The van der Waals surface area contributed by atoms with E-state index in [1.54, 1.807) is 0 Å². The Kier molecular flexibility index (Phi) is 16.1. The van der Waals surface area contributed by atoms with Gasteiger partial charge in [0, 0.05) is 33.4 Å². The van der Waals surface area contributed by atoms with Crippen molar-refractivity contribution in [1.29, 1.82) is 0 Å². The van der Waals surface area contributed by atoms with Crippen molar-refractivity contribution in [3.63, 3.8) is 0 Å². The number of hydrogen-bond donors (Lipinski definition) is 0. The van der Waals surface area contributed by atoms with Crippen molar-refractivity contribution in [3.8, 4) is 67.9 Å². The van der Waals surface area contributed by atoms with E-state index in [0.717, 1.165) is 75.6 Å². The maximum atomic E-state index is 15.3. The standard InChI is InChI=1S/C44H52F6NO6.BrH/c1-9-11-13-15-17-51(18-16-14-12-10-2)23-27-33(25-19-29(45)37(49)30(46)20-25)39(52-3)43(56-7)41(54-5)35(27)36-28(24-51)34(26-21-31(47)38(50)32(48)22-26)40(53-4)44(57-8)42(36)55-6;/h19-22H,9-18,23-24H2,1-8H3;1H/q+1;/p-1. The van der Waals surface area contributed by atoms with Crippen LogP contribution in [0.5, 0.6) is 34.5 Å². The first-order valence-corrected chi connectivity index (χ1v) is 19.3. The molecule has 0 saturated carbocycles. The van der Waals surface area contributed by atoms with E-state index in [4.69, 9.17) is 28.4 Å². The van der Waals surface area contributed by atoms with E-state index in [-0.39, 0.29) is 86.8 Å². The fourth-order valence-electron chi connectivity index (χ4n) is 8.37. The zero-order valence-corrected chi connectivity index (χ0v) is 35.9. The fraction of sp³-hybridized carbons (Fsp3) is 0.455. The van der Waals surface area contributed by atoms with Gasteiger partial charge in [0.05, 0.1) is 55.7 Å². The molecule has 318 valence electrons. The quantitative estimate of drug-likeness (QED) is 0.0433. The van der Waals surface area contributed by atoms with Crippen LogP contribution in [-0.2, 0) is 13.1 Å². The van der Waals surface area contributed by atoms with Crippen molar-refractivity contribution >= 4 is 0 Å². The van der Waals surface area contributed by atoms with E-state index in [2.05, 4.69) is 13.8 Å². The fourth-order valence-corrected chi connectivity index (χ4v) is 8.37. The van der Waals surface area contributed by atoms with Crippen LogP contribution in [0.1, 0.15) is 76.3 Å². The van der Waals surface area contributed by atoms with Crippen molar-refractivity contribution in [2.24, 2.45) is 0 Å². The van der Waals surface area contributed by atoms with Gasteiger partial charge in [-0.2, -0.15) is 0 Å². The lowest BCUT2D eigenvalue weighted by molar-refractivity contribution is -0.953. The first-order valence-electron chi connectivity index (χ1n) is 19.3. The molecule has 4 aromatic rings. The summed E-state index contributed by atoms with van der Waals surface area (Å²) in [5.74, 6) is -8.31. The highest BCUT2D eigenvalue weighted by molar-refractivity contribution is 5.98. The largest absolute Gasteiger partial charge is 1.00 e. The Balaban J connectivity index is 0.00000744. The molecule has 1 heterocycles. The highest BCUT2D eigenvalue weighted by atomic mass is 79.9. The molecule has 58 heavy (non-hydrogen) atoms. The van der Waals surface area contributed by atoms with E-state index >= 15 is 17.6 Å². The molecule has 0 amide bonds. The van der Waals surface area contributed by atoms with Gasteiger partial charge < -0.3 is 49.9 Å². The Hall–Kier alpha value is -4.30. The van der Waals surface area contributed by atoms with E-state index in [1.165, 1.54) is 42.7 Å². The molecule has 0 bridgehead atoms.